The van der Waals surface area contributed by atoms with Crippen molar-refractivity contribution in [2.45, 2.75) is 31.2 Å². The van der Waals surface area contributed by atoms with Gasteiger partial charge in [0.25, 0.3) is 5.91 Å². The van der Waals surface area contributed by atoms with Crippen LogP contribution < -0.4 is 15.5 Å². The summed E-state index contributed by atoms with van der Waals surface area (Å²) in [6, 6.07) is 9.93. The highest BCUT2D eigenvalue weighted by atomic mass is 16.2. The number of hydrogen-bond acceptors (Lipinski definition) is 5. The van der Waals surface area contributed by atoms with Crippen LogP contribution in [0.3, 0.4) is 0 Å². The first-order valence-electron chi connectivity index (χ1n) is 11.2. The Morgan fingerprint density at radius 1 is 1.16 bits per heavy atom. The number of aryl methyl sites for hydroxylation is 1. The summed E-state index contributed by atoms with van der Waals surface area (Å²) in [4.78, 5) is 41.1. The molecule has 5 rings (SSSR count). The Morgan fingerprint density at radius 3 is 2.56 bits per heavy atom. The molecule has 2 N–H and O–H groups in total. The van der Waals surface area contributed by atoms with E-state index in [2.05, 4.69) is 38.8 Å². The molecule has 4 amide bonds. The topological polar surface area (TPSA) is 99.6 Å². The van der Waals surface area contributed by atoms with Gasteiger partial charge in [0.05, 0.1) is 5.69 Å². The molecule has 0 radical (unpaired) electrons. The standard InChI is InChI=1S/C23H28N6O3/c1-27-19(8-10-24-27)16-3-2-4-18(15-16)28-11-13-29(14-12-28)20(30)7-9-23(17-5-6-17)21(31)25-22(32)26-23/h2-4,8,10,15,17H,5-7,9,11-14H2,1H3,(H2,25,26,31,32). The van der Waals surface area contributed by atoms with E-state index in [1.54, 1.807) is 6.20 Å². The number of nitrogens with one attached hydrogen (secondary N) is 2. The van der Waals surface area contributed by atoms with Crippen LogP contribution in [0.5, 0.6) is 0 Å². The van der Waals surface area contributed by atoms with E-state index in [4.69, 9.17) is 0 Å². The Kier molecular flexibility index (Phi) is 5.11. The van der Waals surface area contributed by atoms with Gasteiger partial charge in [-0.25, -0.2) is 4.79 Å². The van der Waals surface area contributed by atoms with Crippen LogP contribution in [0.2, 0.25) is 0 Å². The fraction of sp³-hybridized carbons (Fsp3) is 0.478. The van der Waals surface area contributed by atoms with E-state index in [-0.39, 0.29) is 24.2 Å². The van der Waals surface area contributed by atoms with E-state index < -0.39 is 11.6 Å². The van der Waals surface area contributed by atoms with E-state index in [0.29, 0.717) is 19.5 Å². The molecule has 2 saturated heterocycles. The molecule has 168 valence electrons. The largest absolute Gasteiger partial charge is 0.368 e. The fourth-order valence-corrected chi connectivity index (χ4v) is 4.94. The van der Waals surface area contributed by atoms with Crippen LogP contribution in [0.15, 0.2) is 36.5 Å². The highest BCUT2D eigenvalue weighted by Gasteiger charge is 2.55. The summed E-state index contributed by atoms with van der Waals surface area (Å²) in [5, 5.41) is 9.40. The van der Waals surface area contributed by atoms with Crippen molar-refractivity contribution in [3.8, 4) is 11.3 Å². The van der Waals surface area contributed by atoms with E-state index in [1.165, 1.54) is 0 Å². The number of urea groups is 1. The summed E-state index contributed by atoms with van der Waals surface area (Å²) in [5.74, 6) is -0.0940. The maximum Gasteiger partial charge on any atom is 0.322 e. The molecule has 3 aliphatic rings. The molecule has 1 saturated carbocycles. The minimum absolute atomic E-state index is 0.0438. The highest BCUT2D eigenvalue weighted by Crippen LogP contribution is 2.43. The minimum atomic E-state index is -0.902. The zero-order valence-corrected chi connectivity index (χ0v) is 18.2. The van der Waals surface area contributed by atoms with Crippen molar-refractivity contribution in [1.29, 1.82) is 0 Å². The number of imide groups is 1. The Balaban J connectivity index is 1.18. The van der Waals surface area contributed by atoms with Gasteiger partial charge in [0.15, 0.2) is 0 Å². The van der Waals surface area contributed by atoms with Gasteiger partial charge in [0.2, 0.25) is 5.91 Å². The molecule has 9 heteroatoms. The Morgan fingerprint density at radius 2 is 1.94 bits per heavy atom. The monoisotopic (exact) mass is 436 g/mol. The second-order valence-electron chi connectivity index (χ2n) is 8.91. The van der Waals surface area contributed by atoms with Crippen molar-refractivity contribution in [3.05, 3.63) is 36.5 Å². The number of anilines is 1. The molecule has 1 atom stereocenters. The number of carbonyl (C=O) groups excluding carboxylic acids is 3. The van der Waals surface area contributed by atoms with Gasteiger partial charge in [-0.1, -0.05) is 12.1 Å². The van der Waals surface area contributed by atoms with Crippen LogP contribution in [0, 0.1) is 5.92 Å². The highest BCUT2D eigenvalue weighted by molar-refractivity contribution is 6.07. The van der Waals surface area contributed by atoms with Crippen LogP contribution in [0.1, 0.15) is 25.7 Å². The molecule has 2 aromatic rings. The van der Waals surface area contributed by atoms with Gasteiger partial charge >= 0.3 is 6.03 Å². The zero-order valence-electron chi connectivity index (χ0n) is 18.2. The van der Waals surface area contributed by atoms with E-state index in [1.807, 2.05) is 28.8 Å². The van der Waals surface area contributed by atoms with Crippen molar-refractivity contribution in [1.82, 2.24) is 25.3 Å². The summed E-state index contributed by atoms with van der Waals surface area (Å²) in [7, 11) is 1.93. The lowest BCUT2D eigenvalue weighted by Crippen LogP contribution is -2.51. The van der Waals surface area contributed by atoms with E-state index in [9.17, 15) is 14.4 Å². The van der Waals surface area contributed by atoms with E-state index >= 15 is 0 Å². The van der Waals surface area contributed by atoms with Crippen LogP contribution in [-0.4, -0.2) is 64.2 Å². The number of carbonyl (C=O) groups is 3. The van der Waals surface area contributed by atoms with Gasteiger partial charge in [-0.05, 0) is 43.4 Å². The second kappa shape index (κ2) is 7.96. The maximum absolute atomic E-state index is 12.9. The third-order valence-electron chi connectivity index (χ3n) is 6.94. The molecule has 1 unspecified atom stereocenters. The number of amides is 4. The first kappa shape index (κ1) is 20.5. The molecule has 2 aliphatic heterocycles. The smallest absolute Gasteiger partial charge is 0.322 e. The van der Waals surface area contributed by atoms with Crippen LogP contribution in [-0.2, 0) is 16.6 Å². The number of hydrogen-bond donors (Lipinski definition) is 2. The van der Waals surface area contributed by atoms with Gasteiger partial charge in [-0.2, -0.15) is 5.10 Å². The van der Waals surface area contributed by atoms with Crippen LogP contribution >= 0.6 is 0 Å². The molecular formula is C23H28N6O3. The molecule has 0 bridgehead atoms. The number of piperazine rings is 1. The maximum atomic E-state index is 12.9. The summed E-state index contributed by atoms with van der Waals surface area (Å²) in [6.07, 6.45) is 4.25. The van der Waals surface area contributed by atoms with Crippen molar-refractivity contribution in [2.75, 3.05) is 31.1 Å². The van der Waals surface area contributed by atoms with Crippen molar-refractivity contribution >= 4 is 23.5 Å². The molecule has 0 spiro atoms. The lowest BCUT2D eigenvalue weighted by molar-refractivity contribution is -0.132. The van der Waals surface area contributed by atoms with Gasteiger partial charge in [0.1, 0.15) is 5.54 Å². The normalized spacial score (nSPS) is 23.3. The lowest BCUT2D eigenvalue weighted by atomic mass is 9.87. The number of rotatable bonds is 6. The third kappa shape index (κ3) is 3.72. The molecule has 1 aromatic carbocycles. The molecule has 3 fully saturated rings. The van der Waals surface area contributed by atoms with E-state index in [0.717, 1.165) is 42.9 Å². The molecule has 1 aromatic heterocycles. The van der Waals surface area contributed by atoms with Gasteiger partial charge < -0.3 is 15.1 Å². The molecule has 9 nitrogen and oxygen atoms in total. The average molecular weight is 437 g/mol. The van der Waals surface area contributed by atoms with Crippen LogP contribution in [0.4, 0.5) is 10.5 Å². The fourth-order valence-electron chi connectivity index (χ4n) is 4.94. The Labute approximate surface area is 186 Å². The average Bonchev–Trinajstić information content (AvgIpc) is 3.50. The molecule has 32 heavy (non-hydrogen) atoms. The van der Waals surface area contributed by atoms with Gasteiger partial charge in [0, 0.05) is 57.1 Å². The predicted molar refractivity (Wildman–Crippen MR) is 119 cm³/mol. The number of nitrogens with zero attached hydrogens (tertiary/aromatic N) is 4. The summed E-state index contributed by atoms with van der Waals surface area (Å²) >= 11 is 0. The van der Waals surface area contributed by atoms with Crippen molar-refractivity contribution < 1.29 is 14.4 Å². The number of aromatic nitrogens is 2. The summed E-state index contributed by atoms with van der Waals surface area (Å²) in [6.45, 7) is 2.80. The van der Waals surface area contributed by atoms with Crippen LogP contribution in [0.25, 0.3) is 11.3 Å². The predicted octanol–water partition coefficient (Wildman–Crippen LogP) is 1.50. The summed E-state index contributed by atoms with van der Waals surface area (Å²) in [5.41, 5.74) is 2.41. The minimum Gasteiger partial charge on any atom is -0.368 e. The van der Waals surface area contributed by atoms with Gasteiger partial charge in [-0.3, -0.25) is 19.6 Å². The molecule has 3 heterocycles. The second-order valence-corrected chi connectivity index (χ2v) is 8.91. The first-order chi connectivity index (χ1) is 15.5. The molecular weight excluding hydrogens is 408 g/mol. The zero-order chi connectivity index (χ0) is 22.3. The first-order valence-corrected chi connectivity index (χ1v) is 11.2. The third-order valence-corrected chi connectivity index (χ3v) is 6.94. The SMILES string of the molecule is Cn1nccc1-c1cccc(N2CCN(C(=O)CCC3(C4CC4)NC(=O)NC3=O)CC2)c1. The Bertz CT molecular complexity index is 1050. The quantitative estimate of drug-likeness (QED) is 0.669. The Hall–Kier alpha value is -3.36. The molecule has 1 aliphatic carbocycles. The van der Waals surface area contributed by atoms with Gasteiger partial charge in [-0.15, -0.1) is 0 Å². The lowest BCUT2D eigenvalue weighted by Gasteiger charge is -2.37. The van der Waals surface area contributed by atoms with Crippen molar-refractivity contribution in [3.63, 3.8) is 0 Å². The van der Waals surface area contributed by atoms with Crippen molar-refractivity contribution in [2.24, 2.45) is 13.0 Å². The summed E-state index contributed by atoms with van der Waals surface area (Å²) < 4.78 is 1.86. The number of benzene rings is 1.